The van der Waals surface area contributed by atoms with E-state index in [4.69, 9.17) is 28.4 Å². The minimum atomic E-state index is -0.903. The lowest BCUT2D eigenvalue weighted by molar-refractivity contribution is -0.152. The number of ether oxygens (including phenoxy) is 6. The molecule has 2 aromatic rings. The van der Waals surface area contributed by atoms with Crippen LogP contribution < -0.4 is 14.3 Å². The Kier molecular flexibility index (Phi) is 12.2. The number of carbonyl (C=O) groups is 2. The minimum absolute atomic E-state index is 0.0891. The molecule has 0 bridgehead atoms. The highest BCUT2D eigenvalue weighted by molar-refractivity contribution is 6.70. The predicted octanol–water partition coefficient (Wildman–Crippen LogP) is 3.92. The number of rotatable bonds is 11. The average molecular weight is 623 g/mol. The third kappa shape index (κ3) is 9.40. The van der Waals surface area contributed by atoms with Crippen LogP contribution in [0.5, 0.6) is 11.5 Å². The quantitative estimate of drug-likeness (QED) is 0.0979. The van der Waals surface area contributed by atoms with Gasteiger partial charge in [-0.2, -0.15) is 0 Å². The summed E-state index contributed by atoms with van der Waals surface area (Å²) in [5.41, 5.74) is 0.769. The minimum Gasteiger partial charge on any atom is -0.493 e. The van der Waals surface area contributed by atoms with E-state index >= 15 is 0 Å². The second kappa shape index (κ2) is 16.0. The molecule has 2 aliphatic rings. The normalized spacial score (nSPS) is 25.9. The van der Waals surface area contributed by atoms with Crippen molar-refractivity contribution in [1.29, 1.82) is 0 Å². The van der Waals surface area contributed by atoms with Crippen LogP contribution in [0.4, 0.5) is 5.82 Å². The van der Waals surface area contributed by atoms with E-state index in [1.165, 1.54) is 7.11 Å². The number of aliphatic hydroxyl groups excluding tert-OH is 1. The highest BCUT2D eigenvalue weighted by Gasteiger charge is 2.43. The van der Waals surface area contributed by atoms with Gasteiger partial charge in [0.25, 0.3) is 0 Å². The largest absolute Gasteiger partial charge is 0.493 e. The molecular formula is C33H43BN2O9. The molecule has 3 heterocycles. The molecule has 5 atom stereocenters. The van der Waals surface area contributed by atoms with E-state index in [-0.39, 0.29) is 31.4 Å². The van der Waals surface area contributed by atoms with Gasteiger partial charge in [-0.25, -0.2) is 9.78 Å². The summed E-state index contributed by atoms with van der Waals surface area (Å²) in [5, 5.41) is 10.9. The second-order valence-electron chi connectivity index (χ2n) is 11.6. The van der Waals surface area contributed by atoms with Gasteiger partial charge in [0.1, 0.15) is 47.4 Å². The number of hydrogen-bond donors (Lipinski definition) is 1. The van der Waals surface area contributed by atoms with Crippen LogP contribution in [0.3, 0.4) is 0 Å². The molecule has 1 aromatic heterocycles. The van der Waals surface area contributed by atoms with E-state index in [1.807, 2.05) is 55.9 Å². The van der Waals surface area contributed by atoms with Gasteiger partial charge in [0.05, 0.1) is 12.7 Å². The first kappa shape index (κ1) is 34.2. The maximum atomic E-state index is 13.6. The van der Waals surface area contributed by atoms with Crippen molar-refractivity contribution >= 4 is 31.5 Å². The summed E-state index contributed by atoms with van der Waals surface area (Å²) in [7, 11) is 1.71. The van der Waals surface area contributed by atoms with Crippen LogP contribution in [0.15, 0.2) is 54.8 Å². The first-order valence-electron chi connectivity index (χ1n) is 15.2. The molecule has 0 radical (unpaired) electrons. The topological polar surface area (TPSA) is 126 Å². The zero-order valence-corrected chi connectivity index (χ0v) is 26.6. The third-order valence-corrected chi connectivity index (χ3v) is 7.62. The van der Waals surface area contributed by atoms with Crippen LogP contribution in [-0.4, -0.2) is 86.9 Å². The van der Waals surface area contributed by atoms with Crippen molar-refractivity contribution in [2.24, 2.45) is 5.92 Å². The zero-order chi connectivity index (χ0) is 32.4. The van der Waals surface area contributed by atoms with Crippen molar-refractivity contribution in [3.63, 3.8) is 0 Å². The highest BCUT2D eigenvalue weighted by atomic mass is 16.8. The molecule has 3 unspecified atom stereocenters. The Morgan fingerprint density at radius 3 is 2.73 bits per heavy atom. The molecular weight excluding hydrogens is 579 g/mol. The number of fused-ring (bicyclic) bond motifs is 2. The van der Waals surface area contributed by atoms with Crippen LogP contribution in [-0.2, 0) is 23.7 Å². The Hall–Kier alpha value is -3.71. The molecule has 0 aliphatic carbocycles. The molecule has 12 heteroatoms. The van der Waals surface area contributed by atoms with Crippen molar-refractivity contribution in [3.8, 4) is 11.5 Å². The van der Waals surface area contributed by atoms with Crippen molar-refractivity contribution < 1.29 is 43.1 Å². The summed E-state index contributed by atoms with van der Waals surface area (Å²) >= 11 is 0. The zero-order valence-electron chi connectivity index (χ0n) is 26.6. The van der Waals surface area contributed by atoms with Crippen LogP contribution >= 0.6 is 0 Å². The maximum Gasteiger partial charge on any atom is 0.342 e. The van der Waals surface area contributed by atoms with E-state index in [1.54, 1.807) is 37.4 Å². The van der Waals surface area contributed by atoms with Gasteiger partial charge in [0.15, 0.2) is 12.6 Å². The molecule has 242 valence electrons. The molecule has 11 nitrogen and oxygen atoms in total. The van der Waals surface area contributed by atoms with Gasteiger partial charge in [-0.1, -0.05) is 37.3 Å². The molecule has 1 N–H and O–H groups in total. The first-order chi connectivity index (χ1) is 21.6. The smallest absolute Gasteiger partial charge is 0.342 e. The highest BCUT2D eigenvalue weighted by Crippen LogP contribution is 2.35. The fourth-order valence-corrected chi connectivity index (χ4v) is 5.21. The molecule has 2 aliphatic heterocycles. The van der Waals surface area contributed by atoms with Crippen LogP contribution in [0.2, 0.25) is 0 Å². The summed E-state index contributed by atoms with van der Waals surface area (Å²) in [6, 6.07) is 8.96. The number of aromatic nitrogens is 1. The summed E-state index contributed by atoms with van der Waals surface area (Å²) in [6.45, 7) is 8.14. The number of hydrogen-bond acceptors (Lipinski definition) is 11. The van der Waals surface area contributed by atoms with Gasteiger partial charge >= 0.3 is 13.4 Å². The number of carbonyl (C=O) groups excluding carboxylic acids is 2. The van der Waals surface area contributed by atoms with Crippen molar-refractivity contribution in [3.05, 3.63) is 65.9 Å². The number of anilines is 1. The molecule has 45 heavy (non-hydrogen) atoms. The number of cyclic esters (lactones) is 1. The Bertz CT molecular complexity index is 1340. The average Bonchev–Trinajstić information content (AvgIpc) is 3.33. The van der Waals surface area contributed by atoms with Gasteiger partial charge in [-0.15, -0.1) is 0 Å². The Morgan fingerprint density at radius 2 is 2.00 bits per heavy atom. The van der Waals surface area contributed by atoms with Crippen molar-refractivity contribution in [2.45, 2.75) is 70.7 Å². The molecule has 0 spiro atoms. The molecule has 1 fully saturated rings. The Morgan fingerprint density at radius 1 is 1.18 bits per heavy atom. The fourth-order valence-electron chi connectivity index (χ4n) is 5.21. The van der Waals surface area contributed by atoms with Crippen LogP contribution in [0.1, 0.15) is 56.5 Å². The second-order valence-corrected chi connectivity index (χ2v) is 11.6. The predicted molar refractivity (Wildman–Crippen MR) is 171 cm³/mol. The standard InChI is InChI=1S/C33H43BN2O9/c1-22-13-14-26(38)31-27(44-33(3,4)45-31)11-8-10-24-18-25(19-28(42-21-40-5)30(24)32(39)43-23(22)2)41-17-9-16-36(34-20-37)29-12-6-7-15-35-29/h6-8,10,12-15,18-20,22-23,26-27,31,34,38H,9,11,16-17,21H2,1-5H3/b10-8+,14-13-/t22-,23+,26?,27?,31?/m1/s1. The number of nitrogens with zero attached hydrogens (tertiary/aromatic N) is 2. The van der Waals surface area contributed by atoms with Gasteiger partial charge in [-0.05, 0) is 57.4 Å². The number of pyridine rings is 1. The molecule has 4 rings (SSSR count). The SMILES string of the molecule is COCOc1cc(OCCCN(BC=O)c2ccccn2)cc2c1C(=O)O[C@@H](C)[C@H](C)/C=C\C(O)C1OC(C)(C)OC1C/C=C/2. The molecule has 0 amide bonds. The first-order valence-corrected chi connectivity index (χ1v) is 15.2. The summed E-state index contributed by atoms with van der Waals surface area (Å²) < 4.78 is 35.2. The number of benzene rings is 1. The lowest BCUT2D eigenvalue weighted by Gasteiger charge is -2.23. The Balaban J connectivity index is 1.61. The lowest BCUT2D eigenvalue weighted by Crippen LogP contribution is -2.34. The number of esters is 1. The van der Waals surface area contributed by atoms with E-state index in [9.17, 15) is 14.7 Å². The monoisotopic (exact) mass is 622 g/mol. The fraction of sp³-hybridized carbons (Fsp3) is 0.485. The lowest BCUT2D eigenvalue weighted by atomic mass is 9.94. The summed E-state index contributed by atoms with van der Waals surface area (Å²) in [4.78, 5) is 31.1. The van der Waals surface area contributed by atoms with Gasteiger partial charge in [0.2, 0.25) is 0 Å². The number of aliphatic hydroxyl groups is 1. The van der Waals surface area contributed by atoms with E-state index in [2.05, 4.69) is 4.98 Å². The van der Waals surface area contributed by atoms with Gasteiger partial charge in [0, 0.05) is 31.8 Å². The molecule has 0 saturated carbocycles. The van der Waals surface area contributed by atoms with Crippen LogP contribution in [0, 0.1) is 5.92 Å². The van der Waals surface area contributed by atoms with Crippen molar-refractivity contribution in [1.82, 2.24) is 4.98 Å². The van der Waals surface area contributed by atoms with E-state index in [0.717, 1.165) is 6.19 Å². The molecule has 1 aromatic carbocycles. The van der Waals surface area contributed by atoms with Gasteiger partial charge < -0.3 is 43.1 Å². The van der Waals surface area contributed by atoms with Gasteiger partial charge in [-0.3, -0.25) is 0 Å². The summed E-state index contributed by atoms with van der Waals surface area (Å²) in [5.74, 6) is -0.164. The number of methoxy groups -OCH3 is 1. The van der Waals surface area contributed by atoms with Crippen LogP contribution in [0.25, 0.3) is 6.08 Å². The third-order valence-electron chi connectivity index (χ3n) is 7.62. The van der Waals surface area contributed by atoms with Crippen molar-refractivity contribution in [2.75, 3.05) is 31.9 Å². The van der Waals surface area contributed by atoms with E-state index in [0.29, 0.717) is 43.1 Å². The Labute approximate surface area is 265 Å². The van der Waals surface area contributed by atoms with E-state index < -0.39 is 36.2 Å². The maximum absolute atomic E-state index is 13.6. The molecule has 1 saturated heterocycles. The summed E-state index contributed by atoms with van der Waals surface area (Å²) in [6.07, 6.45) is 8.31.